The number of fused-ring (bicyclic) bond motifs is 1. The minimum atomic E-state index is -0.210. The quantitative estimate of drug-likeness (QED) is 0.908. The van der Waals surface area contributed by atoms with Gasteiger partial charge in [0.15, 0.2) is 0 Å². The second-order valence-electron chi connectivity index (χ2n) is 4.55. The molecule has 1 atom stereocenters. The molecule has 0 aliphatic carbocycles. The van der Waals surface area contributed by atoms with Gasteiger partial charge in [-0.2, -0.15) is 0 Å². The zero-order valence-electron chi connectivity index (χ0n) is 10.2. The lowest BCUT2D eigenvalue weighted by Gasteiger charge is -2.20. The number of aryl methyl sites for hydroxylation is 1. The third kappa shape index (κ3) is 2.00. The molecule has 0 spiro atoms. The molecular formula is C12H16N2O2S. The molecule has 0 aliphatic heterocycles. The van der Waals surface area contributed by atoms with Gasteiger partial charge in [-0.05, 0) is 23.8 Å². The Kier molecular flexibility index (Phi) is 3.31. The zero-order valence-corrected chi connectivity index (χ0v) is 11.0. The maximum Gasteiger partial charge on any atom is 0.262 e. The molecule has 2 aromatic rings. The molecule has 0 saturated heterocycles. The van der Waals surface area contributed by atoms with Crippen LogP contribution in [0.4, 0.5) is 0 Å². The van der Waals surface area contributed by atoms with Gasteiger partial charge in [-0.3, -0.25) is 9.36 Å². The second-order valence-corrected chi connectivity index (χ2v) is 5.41. The second kappa shape index (κ2) is 4.58. The summed E-state index contributed by atoms with van der Waals surface area (Å²) in [7, 11) is 0. The third-order valence-corrected chi connectivity index (χ3v) is 4.02. The standard InChI is InChI=1S/C12H16N2O2S/c1-7(2)9(4-15)14-6-13-11-10(12(14)16)8(3)5-17-11/h5-7,9,15H,4H2,1-3H3/t9-/m0/s1. The van der Waals surface area contributed by atoms with Gasteiger partial charge >= 0.3 is 0 Å². The number of nitrogens with zero attached hydrogens (tertiary/aromatic N) is 2. The summed E-state index contributed by atoms with van der Waals surface area (Å²) in [4.78, 5) is 17.4. The van der Waals surface area contributed by atoms with Crippen molar-refractivity contribution in [2.24, 2.45) is 5.92 Å². The highest BCUT2D eigenvalue weighted by molar-refractivity contribution is 7.16. The van der Waals surface area contributed by atoms with E-state index in [2.05, 4.69) is 4.98 Å². The smallest absolute Gasteiger partial charge is 0.262 e. The summed E-state index contributed by atoms with van der Waals surface area (Å²) < 4.78 is 1.55. The van der Waals surface area contributed by atoms with E-state index in [0.29, 0.717) is 5.39 Å². The number of hydrogen-bond donors (Lipinski definition) is 1. The Labute approximate surface area is 104 Å². The normalized spacial score (nSPS) is 13.5. The van der Waals surface area contributed by atoms with Crippen LogP contribution in [0.2, 0.25) is 0 Å². The maximum absolute atomic E-state index is 12.3. The number of hydrogen-bond acceptors (Lipinski definition) is 4. The van der Waals surface area contributed by atoms with Crippen molar-refractivity contribution in [2.75, 3.05) is 6.61 Å². The monoisotopic (exact) mass is 252 g/mol. The first-order chi connectivity index (χ1) is 8.06. The first kappa shape index (κ1) is 12.3. The van der Waals surface area contributed by atoms with Gasteiger partial charge in [-0.15, -0.1) is 11.3 Å². The van der Waals surface area contributed by atoms with Gasteiger partial charge in [0.25, 0.3) is 5.56 Å². The molecule has 0 radical (unpaired) electrons. The van der Waals surface area contributed by atoms with Crippen LogP contribution in [0.1, 0.15) is 25.5 Å². The van der Waals surface area contributed by atoms with Crippen molar-refractivity contribution in [1.29, 1.82) is 0 Å². The summed E-state index contributed by atoms with van der Waals surface area (Å²) in [5.74, 6) is 0.191. The van der Waals surface area contributed by atoms with Gasteiger partial charge < -0.3 is 5.11 Å². The van der Waals surface area contributed by atoms with Gasteiger partial charge in [0, 0.05) is 0 Å². The molecule has 0 aliphatic rings. The minimum absolute atomic E-state index is 0.0477. The van der Waals surface area contributed by atoms with Crippen molar-refractivity contribution in [3.05, 3.63) is 27.6 Å². The number of aromatic nitrogens is 2. The summed E-state index contributed by atoms with van der Waals surface area (Å²) in [5.41, 5.74) is 0.902. The Balaban J connectivity index is 2.67. The van der Waals surface area contributed by atoms with Crippen LogP contribution >= 0.6 is 11.3 Å². The van der Waals surface area contributed by atoms with Gasteiger partial charge in [0.2, 0.25) is 0 Å². The SMILES string of the molecule is Cc1csc2ncn([C@@H](CO)C(C)C)c(=O)c12. The summed E-state index contributed by atoms with van der Waals surface area (Å²) in [6.45, 7) is 5.83. The van der Waals surface area contributed by atoms with E-state index in [1.807, 2.05) is 26.2 Å². The summed E-state index contributed by atoms with van der Waals surface area (Å²) in [6.07, 6.45) is 1.54. The van der Waals surface area contributed by atoms with Crippen LogP contribution < -0.4 is 5.56 Å². The lowest BCUT2D eigenvalue weighted by atomic mass is 10.1. The van der Waals surface area contributed by atoms with E-state index in [1.165, 1.54) is 11.3 Å². The Hall–Kier alpha value is -1.20. The predicted octanol–water partition coefficient (Wildman–Crippen LogP) is 1.96. The molecule has 92 valence electrons. The highest BCUT2D eigenvalue weighted by Gasteiger charge is 2.18. The van der Waals surface area contributed by atoms with Gasteiger partial charge in [-0.1, -0.05) is 13.8 Å². The van der Waals surface area contributed by atoms with E-state index in [4.69, 9.17) is 0 Å². The van der Waals surface area contributed by atoms with Crippen LogP contribution in [0, 0.1) is 12.8 Å². The molecule has 2 aromatic heterocycles. The molecule has 1 N–H and O–H groups in total. The number of aliphatic hydroxyl groups is 1. The Morgan fingerprint density at radius 2 is 2.24 bits per heavy atom. The van der Waals surface area contributed by atoms with Gasteiger partial charge in [0.1, 0.15) is 4.83 Å². The lowest BCUT2D eigenvalue weighted by Crippen LogP contribution is -2.30. The molecule has 17 heavy (non-hydrogen) atoms. The molecule has 0 bridgehead atoms. The largest absolute Gasteiger partial charge is 0.394 e. The van der Waals surface area contributed by atoms with Crippen molar-refractivity contribution in [3.63, 3.8) is 0 Å². The maximum atomic E-state index is 12.3. The van der Waals surface area contributed by atoms with Crippen LogP contribution in [0.25, 0.3) is 10.2 Å². The van der Waals surface area contributed by atoms with Gasteiger partial charge in [-0.25, -0.2) is 4.98 Å². The van der Waals surface area contributed by atoms with E-state index in [9.17, 15) is 9.90 Å². The summed E-state index contributed by atoms with van der Waals surface area (Å²) >= 11 is 1.48. The van der Waals surface area contributed by atoms with Crippen LogP contribution in [0.5, 0.6) is 0 Å². The Bertz CT molecular complexity index is 586. The molecule has 4 nitrogen and oxygen atoms in total. The first-order valence-electron chi connectivity index (χ1n) is 5.62. The van der Waals surface area contributed by atoms with E-state index < -0.39 is 0 Å². The highest BCUT2D eigenvalue weighted by atomic mass is 32.1. The van der Waals surface area contributed by atoms with Crippen molar-refractivity contribution >= 4 is 21.6 Å². The predicted molar refractivity (Wildman–Crippen MR) is 69.6 cm³/mol. The van der Waals surface area contributed by atoms with Gasteiger partial charge in [0.05, 0.1) is 24.4 Å². The van der Waals surface area contributed by atoms with E-state index in [1.54, 1.807) is 10.9 Å². The molecule has 0 amide bonds. The molecule has 5 heteroatoms. The fourth-order valence-corrected chi connectivity index (χ4v) is 2.82. The zero-order chi connectivity index (χ0) is 12.6. The number of aliphatic hydroxyl groups excluding tert-OH is 1. The van der Waals surface area contributed by atoms with Crippen LogP contribution in [-0.4, -0.2) is 21.3 Å². The third-order valence-electron chi connectivity index (χ3n) is 3.02. The minimum Gasteiger partial charge on any atom is -0.394 e. The average Bonchev–Trinajstić information content (AvgIpc) is 2.65. The van der Waals surface area contributed by atoms with Crippen LogP contribution in [0.3, 0.4) is 0 Å². The Morgan fingerprint density at radius 1 is 1.53 bits per heavy atom. The first-order valence-corrected chi connectivity index (χ1v) is 6.50. The molecule has 2 rings (SSSR count). The molecule has 0 unspecified atom stereocenters. The van der Waals surface area contributed by atoms with Crippen LogP contribution in [-0.2, 0) is 0 Å². The highest BCUT2D eigenvalue weighted by Crippen LogP contribution is 2.21. The molecule has 2 heterocycles. The summed E-state index contributed by atoms with van der Waals surface area (Å²) in [6, 6.07) is -0.210. The fourth-order valence-electron chi connectivity index (χ4n) is 1.94. The lowest BCUT2D eigenvalue weighted by molar-refractivity contribution is 0.189. The number of rotatable bonds is 3. The topological polar surface area (TPSA) is 55.1 Å². The van der Waals surface area contributed by atoms with Crippen LogP contribution in [0.15, 0.2) is 16.5 Å². The van der Waals surface area contributed by atoms with E-state index >= 15 is 0 Å². The molecule has 0 fully saturated rings. The van der Waals surface area contributed by atoms with Crippen molar-refractivity contribution in [3.8, 4) is 0 Å². The average molecular weight is 252 g/mol. The molecule has 0 aromatic carbocycles. The van der Waals surface area contributed by atoms with E-state index in [0.717, 1.165) is 10.4 Å². The fraction of sp³-hybridized carbons (Fsp3) is 0.500. The van der Waals surface area contributed by atoms with Crippen molar-refractivity contribution in [1.82, 2.24) is 9.55 Å². The molecular weight excluding hydrogens is 236 g/mol. The van der Waals surface area contributed by atoms with Crippen molar-refractivity contribution < 1.29 is 5.11 Å². The summed E-state index contributed by atoms with van der Waals surface area (Å²) in [5, 5.41) is 12.0. The number of thiophene rings is 1. The van der Waals surface area contributed by atoms with Crippen molar-refractivity contribution in [2.45, 2.75) is 26.8 Å². The molecule has 0 saturated carbocycles. The Morgan fingerprint density at radius 3 is 2.82 bits per heavy atom. The van der Waals surface area contributed by atoms with E-state index in [-0.39, 0.29) is 24.1 Å².